The molecule has 0 spiro atoms. The van der Waals surface area contributed by atoms with E-state index in [-0.39, 0.29) is 10.6 Å². The quantitative estimate of drug-likeness (QED) is 0.800. The van der Waals surface area contributed by atoms with E-state index >= 15 is 0 Å². The fourth-order valence-corrected chi connectivity index (χ4v) is 3.20. The zero-order valence-electron chi connectivity index (χ0n) is 14.3. The second-order valence-corrected chi connectivity index (χ2v) is 6.41. The Morgan fingerprint density at radius 2 is 2.27 bits per heavy atom. The lowest BCUT2D eigenvalue weighted by atomic mass is 9.95. The number of nitrogens with zero attached hydrogens (tertiary/aromatic N) is 2. The van der Waals surface area contributed by atoms with E-state index in [0.717, 1.165) is 5.69 Å². The van der Waals surface area contributed by atoms with Gasteiger partial charge in [-0.3, -0.25) is 0 Å². The molecule has 7 nitrogen and oxygen atoms in total. The molecule has 2 aromatic rings. The van der Waals surface area contributed by atoms with Crippen molar-refractivity contribution >= 4 is 23.6 Å². The molecule has 1 aliphatic rings. The first-order chi connectivity index (χ1) is 12.4. The number of carbonyl (C=O) groups excluding carboxylic acids is 2. The van der Waals surface area contributed by atoms with Crippen LogP contribution >= 0.6 is 11.6 Å². The van der Waals surface area contributed by atoms with Crippen LogP contribution in [0, 0.1) is 5.82 Å². The number of aromatic nitrogens is 2. The number of ether oxygens (including phenoxy) is 1. The zero-order valence-corrected chi connectivity index (χ0v) is 15.0. The number of imidazole rings is 1. The van der Waals surface area contributed by atoms with Gasteiger partial charge in [-0.05, 0) is 19.1 Å². The van der Waals surface area contributed by atoms with Gasteiger partial charge in [0.1, 0.15) is 17.9 Å². The van der Waals surface area contributed by atoms with E-state index in [0.29, 0.717) is 18.7 Å². The third-order valence-corrected chi connectivity index (χ3v) is 4.57. The van der Waals surface area contributed by atoms with Crippen LogP contribution in [0.2, 0.25) is 5.02 Å². The zero-order chi connectivity index (χ0) is 18.8. The largest absolute Gasteiger partial charge is 0.467 e. The molecule has 0 aliphatic carbocycles. The van der Waals surface area contributed by atoms with Crippen LogP contribution in [-0.2, 0) is 16.0 Å². The van der Waals surface area contributed by atoms with E-state index in [9.17, 15) is 14.0 Å². The minimum atomic E-state index is -0.830. The van der Waals surface area contributed by atoms with Crippen molar-refractivity contribution in [3.63, 3.8) is 0 Å². The van der Waals surface area contributed by atoms with E-state index in [1.165, 1.54) is 37.4 Å². The molecule has 0 bridgehead atoms. The van der Waals surface area contributed by atoms with Gasteiger partial charge in [0.25, 0.3) is 0 Å². The average molecular weight is 381 g/mol. The molecule has 1 aromatic carbocycles. The summed E-state index contributed by atoms with van der Waals surface area (Å²) in [5.41, 5.74) is 1.69. The third kappa shape index (κ3) is 3.37. The fraction of sp³-hybridized carbons (Fsp3) is 0.353. The van der Waals surface area contributed by atoms with Crippen molar-refractivity contribution in [2.24, 2.45) is 0 Å². The Bertz CT molecular complexity index is 841. The Balaban J connectivity index is 1.96. The summed E-state index contributed by atoms with van der Waals surface area (Å²) in [5, 5.41) is 2.84. The summed E-state index contributed by atoms with van der Waals surface area (Å²) >= 11 is 5.85. The van der Waals surface area contributed by atoms with Crippen LogP contribution in [0.5, 0.6) is 0 Å². The normalized spacial score (nSPS) is 17.4. The molecule has 138 valence electrons. The van der Waals surface area contributed by atoms with E-state index < -0.39 is 29.9 Å². The molecular formula is C17H18ClFN4O3. The number of carbonyl (C=O) groups is 2. The van der Waals surface area contributed by atoms with Crippen molar-refractivity contribution in [3.05, 3.63) is 52.3 Å². The number of methoxy groups -OCH3 is 1. The number of hydrogen-bond acceptors (Lipinski definition) is 4. The maximum atomic E-state index is 14.6. The van der Waals surface area contributed by atoms with Crippen molar-refractivity contribution in [3.8, 4) is 0 Å². The molecule has 2 atom stereocenters. The van der Waals surface area contributed by atoms with Crippen LogP contribution in [0.4, 0.5) is 9.18 Å². The van der Waals surface area contributed by atoms with Crippen molar-refractivity contribution in [1.82, 2.24) is 20.2 Å². The summed E-state index contributed by atoms with van der Waals surface area (Å²) in [6.07, 6.45) is 2.06. The highest BCUT2D eigenvalue weighted by Crippen LogP contribution is 2.35. The van der Waals surface area contributed by atoms with Crippen LogP contribution in [0.25, 0.3) is 0 Å². The molecule has 3 rings (SSSR count). The predicted octanol–water partition coefficient (Wildman–Crippen LogP) is 2.42. The SMILES string of the molecule is COC(=O)[C@H](C)NC(=O)N1CCc2[nH]cnc2C1c1ccc(Cl)cc1F. The lowest BCUT2D eigenvalue weighted by Crippen LogP contribution is -2.50. The number of urea groups is 1. The van der Waals surface area contributed by atoms with Gasteiger partial charge >= 0.3 is 12.0 Å². The number of amides is 2. The summed E-state index contributed by atoms with van der Waals surface area (Å²) in [6.45, 7) is 1.85. The highest BCUT2D eigenvalue weighted by Gasteiger charge is 2.36. The van der Waals surface area contributed by atoms with Crippen LogP contribution in [0.15, 0.2) is 24.5 Å². The Morgan fingerprint density at radius 1 is 1.50 bits per heavy atom. The number of fused-ring (bicyclic) bond motifs is 1. The van der Waals surface area contributed by atoms with Crippen LogP contribution in [0.1, 0.15) is 29.9 Å². The molecule has 0 fully saturated rings. The summed E-state index contributed by atoms with van der Waals surface area (Å²) in [6, 6.07) is 2.24. The summed E-state index contributed by atoms with van der Waals surface area (Å²) in [5.74, 6) is -1.10. The minimum absolute atomic E-state index is 0.264. The molecule has 1 aliphatic heterocycles. The summed E-state index contributed by atoms with van der Waals surface area (Å²) in [7, 11) is 1.24. The number of halogens is 2. The molecule has 2 N–H and O–H groups in total. The lowest BCUT2D eigenvalue weighted by Gasteiger charge is -2.35. The van der Waals surface area contributed by atoms with Gasteiger partial charge in [0.05, 0.1) is 19.1 Å². The van der Waals surface area contributed by atoms with Gasteiger partial charge in [-0.25, -0.2) is 19.0 Å². The molecule has 2 amide bonds. The maximum absolute atomic E-state index is 14.6. The Hall–Kier alpha value is -2.61. The molecule has 1 aromatic heterocycles. The summed E-state index contributed by atoms with van der Waals surface area (Å²) < 4.78 is 19.2. The standard InChI is InChI=1S/C17H18ClFN4O3/c1-9(16(24)26-2)22-17(25)23-6-5-13-14(21-8-20-13)15(23)11-4-3-10(18)7-12(11)19/h3-4,7-9,15H,5-6H2,1-2H3,(H,20,21)(H,22,25)/t9-,15?/m0/s1. The van der Waals surface area contributed by atoms with E-state index in [1.807, 2.05) is 0 Å². The van der Waals surface area contributed by atoms with E-state index in [2.05, 4.69) is 20.0 Å². The number of H-pyrrole nitrogens is 1. The summed E-state index contributed by atoms with van der Waals surface area (Å²) in [4.78, 5) is 33.1. The van der Waals surface area contributed by atoms with Crippen LogP contribution in [0.3, 0.4) is 0 Å². The van der Waals surface area contributed by atoms with Crippen molar-refractivity contribution in [1.29, 1.82) is 0 Å². The number of nitrogens with one attached hydrogen (secondary N) is 2. The predicted molar refractivity (Wildman–Crippen MR) is 92.3 cm³/mol. The highest BCUT2D eigenvalue weighted by molar-refractivity contribution is 6.30. The van der Waals surface area contributed by atoms with Gasteiger partial charge in [0, 0.05) is 29.2 Å². The first-order valence-corrected chi connectivity index (χ1v) is 8.42. The van der Waals surface area contributed by atoms with Crippen LogP contribution < -0.4 is 5.32 Å². The monoisotopic (exact) mass is 380 g/mol. The smallest absolute Gasteiger partial charge is 0.328 e. The molecule has 2 heterocycles. The van der Waals surface area contributed by atoms with E-state index in [4.69, 9.17) is 11.6 Å². The van der Waals surface area contributed by atoms with Crippen molar-refractivity contribution < 1.29 is 18.7 Å². The molecule has 1 unspecified atom stereocenters. The second-order valence-electron chi connectivity index (χ2n) is 5.97. The van der Waals surface area contributed by atoms with Crippen molar-refractivity contribution in [2.45, 2.75) is 25.4 Å². The van der Waals surface area contributed by atoms with Gasteiger partial charge in [-0.2, -0.15) is 0 Å². The highest BCUT2D eigenvalue weighted by atomic mass is 35.5. The third-order valence-electron chi connectivity index (χ3n) is 4.34. The van der Waals surface area contributed by atoms with Gasteiger partial charge in [-0.1, -0.05) is 17.7 Å². The molecular weight excluding hydrogens is 363 g/mol. The minimum Gasteiger partial charge on any atom is -0.467 e. The maximum Gasteiger partial charge on any atom is 0.328 e. The van der Waals surface area contributed by atoms with Gasteiger partial charge in [-0.15, -0.1) is 0 Å². The Labute approximate surface area is 154 Å². The van der Waals surface area contributed by atoms with Gasteiger partial charge in [0.15, 0.2) is 0 Å². The number of rotatable bonds is 3. The molecule has 26 heavy (non-hydrogen) atoms. The molecule has 0 saturated carbocycles. The molecule has 0 radical (unpaired) electrons. The lowest BCUT2D eigenvalue weighted by molar-refractivity contribution is -0.142. The first-order valence-electron chi connectivity index (χ1n) is 8.04. The first kappa shape index (κ1) is 18.2. The van der Waals surface area contributed by atoms with E-state index in [1.54, 1.807) is 6.07 Å². The molecule has 9 heteroatoms. The van der Waals surface area contributed by atoms with Gasteiger partial charge < -0.3 is 19.9 Å². The second kappa shape index (κ2) is 7.33. The number of esters is 1. The number of aromatic amines is 1. The Morgan fingerprint density at radius 3 is 2.96 bits per heavy atom. The fourth-order valence-electron chi connectivity index (χ4n) is 3.04. The Kier molecular flexibility index (Phi) is 5.13. The van der Waals surface area contributed by atoms with Crippen LogP contribution in [-0.4, -0.2) is 46.6 Å². The number of benzene rings is 1. The van der Waals surface area contributed by atoms with Crippen molar-refractivity contribution in [2.75, 3.05) is 13.7 Å². The van der Waals surface area contributed by atoms with Gasteiger partial charge in [0.2, 0.25) is 0 Å². The average Bonchev–Trinajstić information content (AvgIpc) is 3.09. The number of hydrogen-bond donors (Lipinski definition) is 2. The molecule has 0 saturated heterocycles. The topological polar surface area (TPSA) is 87.3 Å².